The number of piperidine rings is 1. The minimum atomic E-state index is -0.311. The van der Waals surface area contributed by atoms with Crippen LogP contribution >= 0.6 is 0 Å². The normalized spacial score (nSPS) is 18.7. The molecule has 0 atom stereocenters. The molecule has 26 heavy (non-hydrogen) atoms. The Morgan fingerprint density at radius 2 is 1.85 bits per heavy atom. The molecule has 2 fully saturated rings. The predicted molar refractivity (Wildman–Crippen MR) is 96.0 cm³/mol. The van der Waals surface area contributed by atoms with Crippen molar-refractivity contribution in [1.82, 2.24) is 24.3 Å². The Morgan fingerprint density at radius 1 is 1.15 bits per heavy atom. The highest BCUT2D eigenvalue weighted by molar-refractivity contribution is 5.42. The van der Waals surface area contributed by atoms with Crippen LogP contribution in [-0.2, 0) is 7.05 Å². The van der Waals surface area contributed by atoms with E-state index in [0.29, 0.717) is 30.6 Å². The summed E-state index contributed by atoms with van der Waals surface area (Å²) in [6.45, 7) is 5.26. The van der Waals surface area contributed by atoms with Gasteiger partial charge in [-0.3, -0.25) is 4.57 Å². The average molecular weight is 360 g/mol. The van der Waals surface area contributed by atoms with Crippen molar-refractivity contribution < 1.29 is 4.39 Å². The van der Waals surface area contributed by atoms with E-state index in [4.69, 9.17) is 0 Å². The van der Waals surface area contributed by atoms with Gasteiger partial charge in [0.05, 0.1) is 5.69 Å². The Kier molecular flexibility index (Phi) is 4.28. The third-order valence-corrected chi connectivity index (χ3v) is 5.40. The third-order valence-electron chi connectivity index (χ3n) is 5.40. The van der Waals surface area contributed by atoms with Crippen molar-refractivity contribution in [2.75, 3.05) is 18.0 Å². The number of anilines is 1. The molecule has 3 heterocycles. The summed E-state index contributed by atoms with van der Waals surface area (Å²) < 4.78 is 18.1. The van der Waals surface area contributed by atoms with Crippen LogP contribution < -0.4 is 10.6 Å². The van der Waals surface area contributed by atoms with Crippen LogP contribution in [0.2, 0.25) is 0 Å². The van der Waals surface area contributed by atoms with Gasteiger partial charge in [-0.25, -0.2) is 23.8 Å². The van der Waals surface area contributed by atoms with Gasteiger partial charge in [-0.2, -0.15) is 5.10 Å². The van der Waals surface area contributed by atoms with E-state index in [1.165, 1.54) is 11.0 Å². The molecule has 0 aromatic carbocycles. The molecule has 140 valence electrons. The minimum Gasteiger partial charge on any atom is -0.354 e. The molecule has 0 unspecified atom stereocenters. The Morgan fingerprint density at radius 3 is 2.46 bits per heavy atom. The smallest absolute Gasteiger partial charge is 0.345 e. The summed E-state index contributed by atoms with van der Waals surface area (Å²) in [6.07, 6.45) is 5.24. The fourth-order valence-electron chi connectivity index (χ4n) is 3.80. The molecule has 0 spiro atoms. The van der Waals surface area contributed by atoms with Gasteiger partial charge in [-0.05, 0) is 31.6 Å². The number of rotatable bonds is 4. The lowest BCUT2D eigenvalue weighted by molar-refractivity contribution is 0.453. The first-order valence-corrected chi connectivity index (χ1v) is 9.38. The Bertz CT molecular complexity index is 861. The van der Waals surface area contributed by atoms with Crippen LogP contribution in [0.15, 0.2) is 11.1 Å². The number of halogens is 1. The van der Waals surface area contributed by atoms with Gasteiger partial charge in [0.1, 0.15) is 12.2 Å². The van der Waals surface area contributed by atoms with Crippen molar-refractivity contribution in [3.8, 4) is 0 Å². The van der Waals surface area contributed by atoms with E-state index in [2.05, 4.69) is 15.1 Å². The predicted octanol–water partition coefficient (Wildman–Crippen LogP) is 2.35. The molecule has 0 amide bonds. The second-order valence-corrected chi connectivity index (χ2v) is 7.68. The zero-order valence-electron chi connectivity index (χ0n) is 15.5. The molecule has 2 aliphatic rings. The highest BCUT2D eigenvalue weighted by Crippen LogP contribution is 2.38. The molecule has 7 nitrogen and oxygen atoms in total. The molecular weight excluding hydrogens is 335 g/mol. The molecule has 2 aromatic heterocycles. The lowest BCUT2D eigenvalue weighted by atomic mass is 9.95. The summed E-state index contributed by atoms with van der Waals surface area (Å²) in [5.41, 5.74) is 0.442. The van der Waals surface area contributed by atoms with Crippen molar-refractivity contribution in [3.05, 3.63) is 34.1 Å². The van der Waals surface area contributed by atoms with E-state index in [1.807, 2.05) is 23.3 Å². The van der Waals surface area contributed by atoms with E-state index in [9.17, 15) is 9.18 Å². The first-order valence-electron chi connectivity index (χ1n) is 9.38. The number of aryl methyl sites for hydroxylation is 1. The summed E-state index contributed by atoms with van der Waals surface area (Å²) in [4.78, 5) is 22.6. The highest BCUT2D eigenvalue weighted by atomic mass is 19.1. The fraction of sp³-hybridized carbons (Fsp3) is 0.667. The van der Waals surface area contributed by atoms with E-state index >= 15 is 0 Å². The maximum atomic E-state index is 14.7. The highest BCUT2D eigenvalue weighted by Gasteiger charge is 2.34. The molecule has 8 heteroatoms. The molecule has 0 radical (unpaired) electrons. The van der Waals surface area contributed by atoms with Crippen LogP contribution in [0, 0.1) is 5.82 Å². The summed E-state index contributed by atoms with van der Waals surface area (Å²) in [5, 5.41) is 4.50. The van der Waals surface area contributed by atoms with Crippen LogP contribution in [0.5, 0.6) is 0 Å². The second kappa shape index (κ2) is 6.48. The quantitative estimate of drug-likeness (QED) is 0.837. The summed E-state index contributed by atoms with van der Waals surface area (Å²) in [6, 6.07) is 0.317. The molecule has 1 saturated carbocycles. The van der Waals surface area contributed by atoms with E-state index in [-0.39, 0.29) is 23.3 Å². The largest absolute Gasteiger partial charge is 0.354 e. The molecule has 2 aromatic rings. The van der Waals surface area contributed by atoms with E-state index in [1.54, 1.807) is 7.05 Å². The van der Waals surface area contributed by atoms with Gasteiger partial charge in [0.2, 0.25) is 0 Å². The van der Waals surface area contributed by atoms with Crippen molar-refractivity contribution in [2.24, 2.45) is 7.05 Å². The summed E-state index contributed by atoms with van der Waals surface area (Å²) in [5.74, 6) is 1.23. The van der Waals surface area contributed by atoms with Crippen molar-refractivity contribution in [3.63, 3.8) is 0 Å². The number of nitrogens with zero attached hydrogens (tertiary/aromatic N) is 6. The van der Waals surface area contributed by atoms with Crippen LogP contribution in [0.4, 0.5) is 10.2 Å². The van der Waals surface area contributed by atoms with Gasteiger partial charge >= 0.3 is 5.69 Å². The molecule has 1 aliphatic carbocycles. The Balaban J connectivity index is 1.53. The SMILES string of the molecule is CC(C)c1ncnc(N2CCC(c3nn(C)c(=O)n3C3CC3)CC2)c1F. The minimum absolute atomic E-state index is 0.0200. The Hall–Kier alpha value is -2.25. The van der Waals surface area contributed by atoms with Gasteiger partial charge in [0.25, 0.3) is 0 Å². The molecule has 1 aliphatic heterocycles. The first kappa shape index (κ1) is 17.2. The van der Waals surface area contributed by atoms with Gasteiger partial charge in [-0.15, -0.1) is 0 Å². The number of hydrogen-bond donors (Lipinski definition) is 0. The van der Waals surface area contributed by atoms with Crippen LogP contribution in [0.3, 0.4) is 0 Å². The van der Waals surface area contributed by atoms with Crippen LogP contribution in [-0.4, -0.2) is 37.4 Å². The van der Waals surface area contributed by atoms with Crippen molar-refractivity contribution in [2.45, 2.75) is 57.4 Å². The topological polar surface area (TPSA) is 68.8 Å². The average Bonchev–Trinajstić information content (AvgIpc) is 3.41. The van der Waals surface area contributed by atoms with Gasteiger partial charge < -0.3 is 4.90 Å². The number of hydrogen-bond acceptors (Lipinski definition) is 5. The van der Waals surface area contributed by atoms with Crippen molar-refractivity contribution >= 4 is 5.82 Å². The monoisotopic (exact) mass is 360 g/mol. The Labute approximate surface area is 151 Å². The summed E-state index contributed by atoms with van der Waals surface area (Å²) >= 11 is 0. The number of aromatic nitrogens is 5. The van der Waals surface area contributed by atoms with Crippen LogP contribution in [0.1, 0.15) is 68.9 Å². The summed E-state index contributed by atoms with van der Waals surface area (Å²) in [7, 11) is 1.71. The molecule has 0 bridgehead atoms. The third kappa shape index (κ3) is 2.91. The standard InChI is InChI=1S/C18H25FN6O/c1-11(2)15-14(19)17(21-10-20-15)24-8-6-12(7-9-24)16-22-23(3)18(26)25(16)13-4-5-13/h10-13H,4-9H2,1-3H3. The second-order valence-electron chi connectivity index (χ2n) is 7.68. The lowest BCUT2D eigenvalue weighted by Gasteiger charge is -2.32. The zero-order chi connectivity index (χ0) is 18.4. The molecular formula is C18H25FN6O. The van der Waals surface area contributed by atoms with Gasteiger partial charge in [0.15, 0.2) is 11.6 Å². The van der Waals surface area contributed by atoms with E-state index < -0.39 is 0 Å². The zero-order valence-corrected chi connectivity index (χ0v) is 15.5. The lowest BCUT2D eigenvalue weighted by Crippen LogP contribution is -2.35. The van der Waals surface area contributed by atoms with Crippen molar-refractivity contribution in [1.29, 1.82) is 0 Å². The maximum Gasteiger partial charge on any atom is 0.345 e. The maximum absolute atomic E-state index is 14.7. The fourth-order valence-corrected chi connectivity index (χ4v) is 3.80. The molecule has 4 rings (SSSR count). The van der Waals surface area contributed by atoms with Gasteiger partial charge in [0, 0.05) is 32.1 Å². The van der Waals surface area contributed by atoms with E-state index in [0.717, 1.165) is 31.5 Å². The molecule has 0 N–H and O–H groups in total. The van der Waals surface area contributed by atoms with Crippen LogP contribution in [0.25, 0.3) is 0 Å². The first-order chi connectivity index (χ1) is 12.5. The molecule has 1 saturated heterocycles. The van der Waals surface area contributed by atoms with Gasteiger partial charge in [-0.1, -0.05) is 13.8 Å².